The molecule has 3 heteroatoms. The molecular weight excluding hydrogens is 188 g/mol. The first-order valence-corrected chi connectivity index (χ1v) is 4.80. The van der Waals surface area contributed by atoms with E-state index in [1.807, 2.05) is 38.1 Å². The van der Waals surface area contributed by atoms with Crippen LogP contribution in [0.3, 0.4) is 0 Å². The lowest BCUT2D eigenvalue weighted by atomic mass is 10.2. The lowest BCUT2D eigenvalue weighted by Crippen LogP contribution is -2.01. The van der Waals surface area contributed by atoms with Crippen molar-refractivity contribution in [2.45, 2.75) is 13.8 Å². The molecule has 0 unspecified atom stereocenters. The minimum atomic E-state index is 0.637. The van der Waals surface area contributed by atoms with Gasteiger partial charge in [0.25, 0.3) is 0 Å². The van der Waals surface area contributed by atoms with Crippen molar-refractivity contribution in [2.24, 2.45) is 0 Å². The number of carbonyl (C=O) groups excluding carboxylic acids is 1. The Hall–Kier alpha value is -1.90. The second kappa shape index (κ2) is 3.69. The summed E-state index contributed by atoms with van der Waals surface area (Å²) in [4.78, 5) is 10.7. The Labute approximate surface area is 88.4 Å². The van der Waals surface area contributed by atoms with Crippen molar-refractivity contribution in [3.05, 3.63) is 47.3 Å². The highest BCUT2D eigenvalue weighted by atomic mass is 16.1. The maximum atomic E-state index is 10.7. The van der Waals surface area contributed by atoms with E-state index in [0.29, 0.717) is 5.56 Å². The average Bonchev–Trinajstić information content (AvgIpc) is 2.60. The van der Waals surface area contributed by atoms with Crippen molar-refractivity contribution in [1.29, 1.82) is 0 Å². The molecule has 76 valence electrons. The first-order chi connectivity index (χ1) is 7.24. The molecule has 15 heavy (non-hydrogen) atoms. The van der Waals surface area contributed by atoms with E-state index >= 15 is 0 Å². The molecule has 0 atom stereocenters. The Morgan fingerprint density at radius 3 is 2.60 bits per heavy atom. The van der Waals surface area contributed by atoms with E-state index in [1.165, 1.54) is 0 Å². The first-order valence-electron chi connectivity index (χ1n) is 4.80. The first kappa shape index (κ1) is 9.65. The standard InChI is InChI=1S/C12H12N2O/c1-9-5-3-4-6-12(9)14-10(2)11(8-15)7-13-14/h3-8H,1-2H3. The number of para-hydroxylation sites is 1. The third-order valence-electron chi connectivity index (χ3n) is 2.52. The van der Waals surface area contributed by atoms with Gasteiger partial charge in [0.15, 0.2) is 6.29 Å². The number of nitrogens with zero attached hydrogens (tertiary/aromatic N) is 2. The van der Waals surface area contributed by atoms with Crippen molar-refractivity contribution in [3.8, 4) is 5.69 Å². The number of rotatable bonds is 2. The van der Waals surface area contributed by atoms with Gasteiger partial charge >= 0.3 is 0 Å². The predicted octanol–water partition coefficient (Wildman–Crippen LogP) is 2.30. The predicted molar refractivity (Wildman–Crippen MR) is 58.4 cm³/mol. The van der Waals surface area contributed by atoms with Crippen molar-refractivity contribution in [3.63, 3.8) is 0 Å². The number of aldehydes is 1. The number of hydrogen-bond donors (Lipinski definition) is 0. The van der Waals surface area contributed by atoms with E-state index in [-0.39, 0.29) is 0 Å². The van der Waals surface area contributed by atoms with Crippen molar-refractivity contribution in [2.75, 3.05) is 0 Å². The molecule has 2 rings (SSSR count). The summed E-state index contributed by atoms with van der Waals surface area (Å²) in [6, 6.07) is 7.96. The van der Waals surface area contributed by atoms with E-state index < -0.39 is 0 Å². The van der Waals surface area contributed by atoms with Crippen LogP contribution in [0.25, 0.3) is 5.69 Å². The van der Waals surface area contributed by atoms with E-state index in [2.05, 4.69) is 5.10 Å². The topological polar surface area (TPSA) is 34.9 Å². The lowest BCUT2D eigenvalue weighted by molar-refractivity contribution is 0.112. The second-order valence-corrected chi connectivity index (χ2v) is 3.50. The molecule has 3 nitrogen and oxygen atoms in total. The number of benzene rings is 1. The average molecular weight is 200 g/mol. The summed E-state index contributed by atoms with van der Waals surface area (Å²) in [5, 5.41) is 4.20. The minimum absolute atomic E-state index is 0.637. The van der Waals surface area contributed by atoms with Crippen LogP contribution in [0.5, 0.6) is 0 Å². The Kier molecular flexibility index (Phi) is 2.37. The fourth-order valence-corrected chi connectivity index (χ4v) is 1.58. The van der Waals surface area contributed by atoms with E-state index in [1.54, 1.807) is 10.9 Å². The van der Waals surface area contributed by atoms with Crippen LogP contribution < -0.4 is 0 Å². The van der Waals surface area contributed by atoms with Crippen LogP contribution in [0.1, 0.15) is 21.6 Å². The van der Waals surface area contributed by atoms with Gasteiger partial charge in [-0.3, -0.25) is 4.79 Å². The largest absolute Gasteiger partial charge is 0.298 e. The molecule has 0 aliphatic carbocycles. The van der Waals surface area contributed by atoms with Gasteiger partial charge in [-0.15, -0.1) is 0 Å². The van der Waals surface area contributed by atoms with Crippen LogP contribution in [0, 0.1) is 13.8 Å². The lowest BCUT2D eigenvalue weighted by Gasteiger charge is -2.07. The molecule has 1 aromatic carbocycles. The number of carbonyl (C=O) groups is 1. The zero-order valence-electron chi connectivity index (χ0n) is 8.77. The van der Waals surface area contributed by atoms with Crippen molar-refractivity contribution in [1.82, 2.24) is 9.78 Å². The molecule has 0 aliphatic heterocycles. The zero-order valence-corrected chi connectivity index (χ0v) is 8.77. The van der Waals surface area contributed by atoms with Gasteiger partial charge in [0.1, 0.15) is 0 Å². The second-order valence-electron chi connectivity index (χ2n) is 3.50. The fourth-order valence-electron chi connectivity index (χ4n) is 1.58. The molecule has 0 aliphatic rings. The summed E-state index contributed by atoms with van der Waals surface area (Å²) in [5.74, 6) is 0. The Morgan fingerprint density at radius 1 is 1.27 bits per heavy atom. The number of aryl methyl sites for hydroxylation is 1. The highest BCUT2D eigenvalue weighted by Gasteiger charge is 2.08. The zero-order chi connectivity index (χ0) is 10.8. The third kappa shape index (κ3) is 1.56. The summed E-state index contributed by atoms with van der Waals surface area (Å²) >= 11 is 0. The molecule has 0 radical (unpaired) electrons. The molecule has 0 N–H and O–H groups in total. The molecule has 0 fully saturated rings. The van der Waals surface area contributed by atoms with Crippen LogP contribution in [-0.2, 0) is 0 Å². The minimum Gasteiger partial charge on any atom is -0.298 e. The summed E-state index contributed by atoms with van der Waals surface area (Å²) < 4.78 is 1.79. The number of aromatic nitrogens is 2. The van der Waals surface area contributed by atoms with Gasteiger partial charge < -0.3 is 0 Å². The van der Waals surface area contributed by atoms with Crippen LogP contribution in [-0.4, -0.2) is 16.1 Å². The van der Waals surface area contributed by atoms with Gasteiger partial charge in [0, 0.05) is 0 Å². The van der Waals surface area contributed by atoms with Gasteiger partial charge in [0.05, 0.1) is 23.1 Å². The summed E-state index contributed by atoms with van der Waals surface area (Å²) in [6.45, 7) is 3.92. The molecule has 0 spiro atoms. The maximum Gasteiger partial charge on any atom is 0.153 e. The van der Waals surface area contributed by atoms with Gasteiger partial charge in [-0.25, -0.2) is 4.68 Å². The summed E-state index contributed by atoms with van der Waals surface area (Å²) in [7, 11) is 0. The Morgan fingerprint density at radius 2 is 2.00 bits per heavy atom. The van der Waals surface area contributed by atoms with Gasteiger partial charge in [-0.2, -0.15) is 5.10 Å². The van der Waals surface area contributed by atoms with Gasteiger partial charge in [-0.1, -0.05) is 18.2 Å². The molecule has 0 amide bonds. The van der Waals surface area contributed by atoms with Crippen molar-refractivity contribution < 1.29 is 4.79 Å². The van der Waals surface area contributed by atoms with Crippen LogP contribution in [0.4, 0.5) is 0 Å². The molecule has 1 aromatic heterocycles. The van der Waals surface area contributed by atoms with E-state index in [4.69, 9.17) is 0 Å². The van der Waals surface area contributed by atoms with Gasteiger partial charge in [0.2, 0.25) is 0 Å². The molecule has 0 saturated carbocycles. The molecule has 0 saturated heterocycles. The van der Waals surface area contributed by atoms with Crippen LogP contribution >= 0.6 is 0 Å². The van der Waals surface area contributed by atoms with Gasteiger partial charge in [-0.05, 0) is 25.5 Å². The maximum absolute atomic E-state index is 10.7. The highest BCUT2D eigenvalue weighted by molar-refractivity contribution is 5.76. The third-order valence-corrected chi connectivity index (χ3v) is 2.52. The smallest absolute Gasteiger partial charge is 0.153 e. The van der Waals surface area contributed by atoms with Crippen LogP contribution in [0.15, 0.2) is 30.5 Å². The highest BCUT2D eigenvalue weighted by Crippen LogP contribution is 2.16. The normalized spacial score (nSPS) is 10.3. The molecule has 1 heterocycles. The SMILES string of the molecule is Cc1ccccc1-n1ncc(C=O)c1C. The van der Waals surface area contributed by atoms with E-state index in [9.17, 15) is 4.79 Å². The quantitative estimate of drug-likeness (QED) is 0.697. The summed E-state index contributed by atoms with van der Waals surface area (Å²) in [6.07, 6.45) is 2.42. The van der Waals surface area contributed by atoms with Crippen molar-refractivity contribution >= 4 is 6.29 Å². The monoisotopic (exact) mass is 200 g/mol. The molecule has 2 aromatic rings. The molecular formula is C12H12N2O. The van der Waals surface area contributed by atoms with Crippen LogP contribution in [0.2, 0.25) is 0 Å². The molecule has 0 bridgehead atoms. The number of hydrogen-bond acceptors (Lipinski definition) is 2. The summed E-state index contributed by atoms with van der Waals surface area (Å²) in [5.41, 5.74) is 3.67. The van der Waals surface area contributed by atoms with E-state index in [0.717, 1.165) is 23.2 Å². The Balaban J connectivity index is 2.59. The fraction of sp³-hybridized carbons (Fsp3) is 0.167. The Bertz CT molecular complexity index is 500.